The molecule has 1 saturated heterocycles. The van der Waals surface area contributed by atoms with Gasteiger partial charge >= 0.3 is 6.09 Å². The summed E-state index contributed by atoms with van der Waals surface area (Å²) in [6, 6.07) is 22.4. The first-order chi connectivity index (χ1) is 21.3. The molecule has 6 rings (SSSR count). The average Bonchev–Trinajstić information content (AvgIpc) is 3.04. The number of anilines is 1. The van der Waals surface area contributed by atoms with Crippen LogP contribution in [0.1, 0.15) is 48.8 Å². The summed E-state index contributed by atoms with van der Waals surface area (Å²) in [4.78, 5) is 32.3. The molecule has 0 radical (unpaired) electrons. The Kier molecular flexibility index (Phi) is 8.39. The monoisotopic (exact) mass is 596 g/mol. The lowest BCUT2D eigenvalue weighted by atomic mass is 9.81. The Balaban J connectivity index is 1.13. The molecule has 2 unspecified atom stereocenters. The van der Waals surface area contributed by atoms with Crippen molar-refractivity contribution in [1.82, 2.24) is 15.2 Å². The summed E-state index contributed by atoms with van der Waals surface area (Å²) in [5, 5.41) is 5.76. The minimum Gasteiger partial charge on any atom is -0.438 e. The Morgan fingerprint density at radius 2 is 1.61 bits per heavy atom. The van der Waals surface area contributed by atoms with Gasteiger partial charge in [-0.05, 0) is 78.1 Å². The molecule has 0 aliphatic carbocycles. The van der Waals surface area contributed by atoms with Crippen LogP contribution in [-0.4, -0.2) is 41.0 Å². The molecule has 2 amide bonds. The number of amides is 2. The number of hydrogen-bond acceptors (Lipinski definition) is 5. The molecule has 44 heavy (non-hydrogen) atoms. The van der Waals surface area contributed by atoms with Crippen LogP contribution < -0.4 is 10.6 Å². The van der Waals surface area contributed by atoms with Crippen molar-refractivity contribution in [2.75, 3.05) is 18.4 Å². The van der Waals surface area contributed by atoms with E-state index in [9.17, 15) is 18.4 Å². The fourth-order valence-corrected chi connectivity index (χ4v) is 6.32. The zero-order valence-electron chi connectivity index (χ0n) is 24.4. The van der Waals surface area contributed by atoms with Gasteiger partial charge in [0.05, 0.1) is 11.6 Å². The van der Waals surface area contributed by atoms with Crippen LogP contribution in [0.5, 0.6) is 0 Å². The highest BCUT2D eigenvalue weighted by Gasteiger charge is 2.45. The number of ether oxygens (including phenoxy) is 1. The summed E-state index contributed by atoms with van der Waals surface area (Å²) >= 11 is 0. The predicted octanol–water partition coefficient (Wildman–Crippen LogP) is 6.76. The van der Waals surface area contributed by atoms with Crippen molar-refractivity contribution in [3.63, 3.8) is 0 Å². The normalized spacial score (nSPS) is 17.2. The fourth-order valence-electron chi connectivity index (χ4n) is 6.32. The van der Waals surface area contributed by atoms with Gasteiger partial charge in [0.25, 0.3) is 0 Å². The number of fused-ring (bicyclic) bond motifs is 2. The average molecular weight is 597 g/mol. The van der Waals surface area contributed by atoms with Crippen molar-refractivity contribution in [1.29, 1.82) is 0 Å². The number of nitrogens with one attached hydrogen (secondary N) is 2. The lowest BCUT2D eigenvalue weighted by Crippen LogP contribution is -2.50. The van der Waals surface area contributed by atoms with Crippen molar-refractivity contribution in [2.45, 2.75) is 50.3 Å². The molecule has 7 nitrogen and oxygen atoms in total. The molecule has 2 aliphatic rings. The Labute approximate surface area is 255 Å². The summed E-state index contributed by atoms with van der Waals surface area (Å²) in [6.45, 7) is 3.64. The minimum atomic E-state index is -0.892. The number of rotatable bonds is 8. The maximum absolute atomic E-state index is 14.2. The number of piperidine rings is 1. The number of pyridine rings is 1. The van der Waals surface area contributed by atoms with E-state index in [0.29, 0.717) is 50.1 Å². The minimum absolute atomic E-state index is 0.00260. The number of benzene rings is 3. The Hall–Kier alpha value is -4.63. The van der Waals surface area contributed by atoms with Gasteiger partial charge < -0.3 is 15.0 Å². The summed E-state index contributed by atoms with van der Waals surface area (Å²) in [5.41, 5.74) is 4.18. The maximum Gasteiger partial charge on any atom is 0.412 e. The first-order valence-electron chi connectivity index (χ1n) is 14.9. The van der Waals surface area contributed by atoms with Crippen LogP contribution in [0.15, 0.2) is 91.3 Å². The molecule has 3 heterocycles. The second kappa shape index (κ2) is 12.5. The van der Waals surface area contributed by atoms with E-state index in [0.717, 1.165) is 22.3 Å². The second-order valence-electron chi connectivity index (χ2n) is 11.6. The maximum atomic E-state index is 14.2. The third-order valence-corrected chi connectivity index (χ3v) is 8.83. The van der Waals surface area contributed by atoms with Crippen LogP contribution in [0.3, 0.4) is 0 Å². The molecular formula is C35H34F2N4O3. The zero-order chi connectivity index (χ0) is 30.7. The predicted molar refractivity (Wildman–Crippen MR) is 164 cm³/mol. The Bertz CT molecular complexity index is 1620. The summed E-state index contributed by atoms with van der Waals surface area (Å²) in [6.07, 6.45) is 4.49. The zero-order valence-corrected chi connectivity index (χ0v) is 24.4. The van der Waals surface area contributed by atoms with Crippen molar-refractivity contribution < 1.29 is 23.1 Å². The standard InChI is InChI=1S/C35H34F2N4O3/c1-23(41-18-14-35(15-19-41)31-21-29(37)10-11-32(31)40-34(43)44-35)20-30(27-6-8-28(36)9-7-27)33(42)39-22-24-2-4-25(5-3-24)26-12-16-38-17-13-26/h2-13,16-17,21,23,30H,14-15,18-20,22H2,1H3,(H,39,42)(H,40,43). The molecule has 1 fully saturated rings. The highest BCUT2D eigenvalue weighted by atomic mass is 19.1. The van der Waals surface area contributed by atoms with Crippen LogP contribution in [-0.2, 0) is 21.7 Å². The van der Waals surface area contributed by atoms with Gasteiger partial charge in [-0.2, -0.15) is 0 Å². The van der Waals surface area contributed by atoms with E-state index in [-0.39, 0.29) is 23.6 Å². The smallest absolute Gasteiger partial charge is 0.412 e. The van der Waals surface area contributed by atoms with E-state index >= 15 is 0 Å². The van der Waals surface area contributed by atoms with Gasteiger partial charge in [-0.1, -0.05) is 36.4 Å². The van der Waals surface area contributed by atoms with Crippen LogP contribution >= 0.6 is 0 Å². The van der Waals surface area contributed by atoms with Gasteiger partial charge in [-0.15, -0.1) is 0 Å². The quantitative estimate of drug-likeness (QED) is 0.235. The molecule has 9 heteroatoms. The molecule has 0 bridgehead atoms. The lowest BCUT2D eigenvalue weighted by molar-refractivity contribution is -0.123. The number of nitrogens with zero attached hydrogens (tertiary/aromatic N) is 2. The molecule has 2 aliphatic heterocycles. The molecule has 3 aromatic carbocycles. The van der Waals surface area contributed by atoms with Gasteiger partial charge in [-0.3, -0.25) is 15.1 Å². The number of hydrogen-bond donors (Lipinski definition) is 2. The van der Waals surface area contributed by atoms with E-state index in [1.807, 2.05) is 36.4 Å². The third-order valence-electron chi connectivity index (χ3n) is 8.83. The van der Waals surface area contributed by atoms with E-state index < -0.39 is 17.6 Å². The van der Waals surface area contributed by atoms with Crippen molar-refractivity contribution in [3.8, 4) is 11.1 Å². The summed E-state index contributed by atoms with van der Waals surface area (Å²) in [5.74, 6) is -1.36. The number of aromatic nitrogens is 1. The summed E-state index contributed by atoms with van der Waals surface area (Å²) < 4.78 is 33.7. The SMILES string of the molecule is CC(CC(C(=O)NCc1ccc(-c2ccncc2)cc1)c1ccc(F)cc1)N1CCC2(CC1)OC(=O)Nc1ccc(F)cc12. The van der Waals surface area contributed by atoms with Gasteiger partial charge in [0.1, 0.15) is 17.2 Å². The van der Waals surface area contributed by atoms with Gasteiger partial charge in [0.15, 0.2) is 0 Å². The molecular weight excluding hydrogens is 562 g/mol. The van der Waals surface area contributed by atoms with Crippen LogP contribution in [0.25, 0.3) is 11.1 Å². The van der Waals surface area contributed by atoms with Gasteiger partial charge in [-0.25, -0.2) is 13.6 Å². The Morgan fingerprint density at radius 3 is 2.32 bits per heavy atom. The largest absolute Gasteiger partial charge is 0.438 e. The van der Waals surface area contributed by atoms with Crippen LogP contribution in [0.2, 0.25) is 0 Å². The number of carbonyl (C=O) groups excluding carboxylic acids is 2. The van der Waals surface area contributed by atoms with E-state index in [2.05, 4.69) is 27.4 Å². The van der Waals surface area contributed by atoms with Crippen LogP contribution in [0, 0.1) is 11.6 Å². The lowest BCUT2D eigenvalue weighted by Gasteiger charge is -2.46. The number of halogens is 2. The molecule has 4 aromatic rings. The van der Waals surface area contributed by atoms with Crippen LogP contribution in [0.4, 0.5) is 19.3 Å². The Morgan fingerprint density at radius 1 is 0.955 bits per heavy atom. The highest BCUT2D eigenvalue weighted by Crippen LogP contribution is 2.44. The number of carbonyl (C=O) groups is 2. The fraction of sp³-hybridized carbons (Fsp3) is 0.286. The molecule has 1 aromatic heterocycles. The third kappa shape index (κ3) is 6.33. The highest BCUT2D eigenvalue weighted by molar-refractivity contribution is 5.89. The molecule has 226 valence electrons. The van der Waals surface area contributed by atoms with Gasteiger partial charge in [0.2, 0.25) is 5.91 Å². The first-order valence-corrected chi connectivity index (χ1v) is 14.9. The summed E-state index contributed by atoms with van der Waals surface area (Å²) in [7, 11) is 0. The number of likely N-dealkylation sites (tertiary alicyclic amines) is 1. The second-order valence-corrected chi connectivity index (χ2v) is 11.6. The topological polar surface area (TPSA) is 83.6 Å². The molecule has 2 N–H and O–H groups in total. The molecule has 2 atom stereocenters. The van der Waals surface area contributed by atoms with Gasteiger partial charge in [0, 0.05) is 56.5 Å². The van der Waals surface area contributed by atoms with Crippen molar-refractivity contribution >= 4 is 17.7 Å². The van der Waals surface area contributed by atoms with E-state index in [4.69, 9.17) is 4.74 Å². The first kappa shape index (κ1) is 29.4. The molecule has 0 saturated carbocycles. The van der Waals surface area contributed by atoms with Crippen molar-refractivity contribution in [3.05, 3.63) is 120 Å². The van der Waals surface area contributed by atoms with E-state index in [1.54, 1.807) is 30.6 Å². The van der Waals surface area contributed by atoms with E-state index in [1.165, 1.54) is 24.3 Å². The molecule has 1 spiro atoms. The van der Waals surface area contributed by atoms with Crippen molar-refractivity contribution in [2.24, 2.45) is 0 Å².